The van der Waals surface area contributed by atoms with Gasteiger partial charge in [-0.25, -0.2) is 4.79 Å². The number of ether oxygens (including phenoxy) is 1. The predicted molar refractivity (Wildman–Crippen MR) is 63.5 cm³/mol. The lowest BCUT2D eigenvalue weighted by Crippen LogP contribution is -2.45. The van der Waals surface area contributed by atoms with E-state index < -0.39 is 6.10 Å². The van der Waals surface area contributed by atoms with Crippen LogP contribution >= 0.6 is 0 Å². The molecule has 1 saturated heterocycles. The molecule has 4 nitrogen and oxygen atoms in total. The lowest BCUT2D eigenvalue weighted by atomic mass is 9.93. The standard InChI is InChI=1S/C13H17NO3/c1-17-13(16)14-9-5-8-11(15)12(14)10-6-3-2-4-7-10/h2-4,6-7,11-12,15H,5,8-9H2,1H3/t11-,12-/m0/s1. The number of hydrogen-bond acceptors (Lipinski definition) is 3. The molecule has 4 heteroatoms. The number of hydrogen-bond donors (Lipinski definition) is 1. The van der Waals surface area contributed by atoms with Crippen LogP contribution in [0.15, 0.2) is 30.3 Å². The monoisotopic (exact) mass is 235 g/mol. The number of piperidine rings is 1. The Bertz CT molecular complexity index is 380. The summed E-state index contributed by atoms with van der Waals surface area (Å²) in [6, 6.07) is 9.29. The van der Waals surface area contributed by atoms with Crippen molar-refractivity contribution in [2.75, 3.05) is 13.7 Å². The molecule has 0 unspecified atom stereocenters. The van der Waals surface area contributed by atoms with Crippen molar-refractivity contribution in [3.05, 3.63) is 35.9 Å². The molecule has 2 rings (SSSR count). The number of rotatable bonds is 1. The van der Waals surface area contributed by atoms with Crippen molar-refractivity contribution in [2.45, 2.75) is 25.0 Å². The Morgan fingerprint density at radius 2 is 2.12 bits per heavy atom. The molecule has 1 heterocycles. The van der Waals surface area contributed by atoms with Crippen molar-refractivity contribution in [2.24, 2.45) is 0 Å². The molecule has 1 amide bonds. The van der Waals surface area contributed by atoms with E-state index in [2.05, 4.69) is 0 Å². The van der Waals surface area contributed by atoms with E-state index in [1.807, 2.05) is 30.3 Å². The molecular formula is C13H17NO3. The number of nitrogens with zero attached hydrogens (tertiary/aromatic N) is 1. The first-order valence-electron chi connectivity index (χ1n) is 5.81. The van der Waals surface area contributed by atoms with Crippen molar-refractivity contribution >= 4 is 6.09 Å². The highest BCUT2D eigenvalue weighted by Crippen LogP contribution is 2.31. The van der Waals surface area contributed by atoms with Crippen LogP contribution in [0, 0.1) is 0 Å². The first kappa shape index (κ1) is 11.9. The van der Waals surface area contributed by atoms with Crippen molar-refractivity contribution in [1.29, 1.82) is 0 Å². The Labute approximate surface area is 101 Å². The number of aliphatic hydroxyl groups excluding tert-OH is 1. The summed E-state index contributed by atoms with van der Waals surface area (Å²) in [5.41, 5.74) is 0.949. The molecule has 0 bridgehead atoms. The fourth-order valence-electron chi connectivity index (χ4n) is 2.35. The second kappa shape index (κ2) is 5.19. The van der Waals surface area contributed by atoms with Gasteiger partial charge in [0.15, 0.2) is 0 Å². The van der Waals surface area contributed by atoms with Gasteiger partial charge in [-0.05, 0) is 18.4 Å². The third-order valence-electron chi connectivity index (χ3n) is 3.15. The van der Waals surface area contributed by atoms with Crippen LogP contribution < -0.4 is 0 Å². The van der Waals surface area contributed by atoms with Gasteiger partial charge in [-0.15, -0.1) is 0 Å². The maximum Gasteiger partial charge on any atom is 0.410 e. The number of carbonyl (C=O) groups excluding carboxylic acids is 1. The molecule has 1 aromatic carbocycles. The fourth-order valence-corrected chi connectivity index (χ4v) is 2.35. The zero-order valence-corrected chi connectivity index (χ0v) is 9.87. The number of methoxy groups -OCH3 is 1. The molecule has 1 N–H and O–H groups in total. The van der Waals surface area contributed by atoms with E-state index in [1.165, 1.54) is 7.11 Å². The molecule has 0 spiro atoms. The Kier molecular flexibility index (Phi) is 3.64. The third-order valence-corrected chi connectivity index (χ3v) is 3.15. The van der Waals surface area contributed by atoms with E-state index in [0.717, 1.165) is 12.0 Å². The first-order valence-corrected chi connectivity index (χ1v) is 5.81. The minimum absolute atomic E-state index is 0.294. The van der Waals surface area contributed by atoms with Gasteiger partial charge in [0.05, 0.1) is 19.3 Å². The van der Waals surface area contributed by atoms with E-state index in [-0.39, 0.29) is 12.1 Å². The van der Waals surface area contributed by atoms with Crippen LogP contribution in [0.1, 0.15) is 24.4 Å². The van der Waals surface area contributed by atoms with Crippen LogP contribution in [-0.2, 0) is 4.74 Å². The normalized spacial score (nSPS) is 24.5. The molecule has 17 heavy (non-hydrogen) atoms. The maximum absolute atomic E-state index is 11.7. The second-order valence-electron chi connectivity index (χ2n) is 4.23. The van der Waals surface area contributed by atoms with E-state index in [4.69, 9.17) is 4.74 Å². The van der Waals surface area contributed by atoms with Gasteiger partial charge in [0.25, 0.3) is 0 Å². The van der Waals surface area contributed by atoms with Crippen LogP contribution in [-0.4, -0.2) is 35.9 Å². The summed E-state index contributed by atoms with van der Waals surface area (Å²) in [4.78, 5) is 13.3. The van der Waals surface area contributed by atoms with Crippen LogP contribution in [0.5, 0.6) is 0 Å². The van der Waals surface area contributed by atoms with Crippen LogP contribution in [0.2, 0.25) is 0 Å². The molecule has 1 aliphatic heterocycles. The van der Waals surface area contributed by atoms with Gasteiger partial charge in [0.1, 0.15) is 0 Å². The highest BCUT2D eigenvalue weighted by molar-refractivity contribution is 5.68. The molecule has 2 atom stereocenters. The van der Waals surface area contributed by atoms with Crippen LogP contribution in [0.4, 0.5) is 4.79 Å². The fraction of sp³-hybridized carbons (Fsp3) is 0.462. The smallest absolute Gasteiger partial charge is 0.410 e. The number of benzene rings is 1. The average Bonchev–Trinajstić information content (AvgIpc) is 2.38. The molecule has 1 aliphatic rings. The molecule has 1 aromatic rings. The Hall–Kier alpha value is -1.55. The largest absolute Gasteiger partial charge is 0.453 e. The molecule has 0 saturated carbocycles. The van der Waals surface area contributed by atoms with Gasteiger partial charge < -0.3 is 9.84 Å². The minimum atomic E-state index is -0.523. The highest BCUT2D eigenvalue weighted by Gasteiger charge is 2.34. The maximum atomic E-state index is 11.7. The lowest BCUT2D eigenvalue weighted by Gasteiger charge is -2.38. The molecule has 92 valence electrons. The summed E-state index contributed by atoms with van der Waals surface area (Å²) >= 11 is 0. The quantitative estimate of drug-likeness (QED) is 0.809. The van der Waals surface area contributed by atoms with Gasteiger partial charge in [0, 0.05) is 6.54 Å². The summed E-state index contributed by atoms with van der Waals surface area (Å²) in [5, 5.41) is 10.1. The number of likely N-dealkylation sites (tertiary alicyclic amines) is 1. The Morgan fingerprint density at radius 3 is 2.76 bits per heavy atom. The summed E-state index contributed by atoms with van der Waals surface area (Å²) in [7, 11) is 1.37. The summed E-state index contributed by atoms with van der Waals surface area (Å²) in [6.45, 7) is 0.628. The van der Waals surface area contributed by atoms with Crippen molar-refractivity contribution < 1.29 is 14.6 Å². The van der Waals surface area contributed by atoms with E-state index in [9.17, 15) is 9.90 Å². The van der Waals surface area contributed by atoms with Gasteiger partial charge in [-0.1, -0.05) is 30.3 Å². The average molecular weight is 235 g/mol. The number of carbonyl (C=O) groups is 1. The van der Waals surface area contributed by atoms with Gasteiger partial charge in [0.2, 0.25) is 0 Å². The topological polar surface area (TPSA) is 49.8 Å². The van der Waals surface area contributed by atoms with Crippen molar-refractivity contribution in [3.8, 4) is 0 Å². The molecule has 1 fully saturated rings. The van der Waals surface area contributed by atoms with Crippen molar-refractivity contribution in [1.82, 2.24) is 4.90 Å². The predicted octanol–water partition coefficient (Wildman–Crippen LogP) is 1.95. The van der Waals surface area contributed by atoms with Crippen molar-refractivity contribution in [3.63, 3.8) is 0 Å². The first-order chi connectivity index (χ1) is 8.24. The minimum Gasteiger partial charge on any atom is -0.453 e. The zero-order valence-electron chi connectivity index (χ0n) is 9.87. The zero-order chi connectivity index (χ0) is 12.3. The van der Waals surface area contributed by atoms with E-state index in [1.54, 1.807) is 4.90 Å². The number of amides is 1. The van der Waals surface area contributed by atoms with E-state index in [0.29, 0.717) is 13.0 Å². The molecule has 0 aromatic heterocycles. The Morgan fingerprint density at radius 1 is 1.41 bits per heavy atom. The summed E-state index contributed by atoms with van der Waals surface area (Å²) < 4.78 is 4.77. The lowest BCUT2D eigenvalue weighted by molar-refractivity contribution is 0.00992. The Balaban J connectivity index is 2.28. The number of aliphatic hydroxyl groups is 1. The summed E-state index contributed by atoms with van der Waals surface area (Å²) in [5.74, 6) is 0. The molecular weight excluding hydrogens is 218 g/mol. The van der Waals surface area contributed by atoms with Crippen LogP contribution in [0.25, 0.3) is 0 Å². The van der Waals surface area contributed by atoms with E-state index >= 15 is 0 Å². The SMILES string of the molecule is COC(=O)N1CCC[C@H](O)[C@@H]1c1ccccc1. The second-order valence-corrected chi connectivity index (χ2v) is 4.23. The third kappa shape index (κ3) is 2.42. The highest BCUT2D eigenvalue weighted by atomic mass is 16.5. The van der Waals surface area contributed by atoms with Crippen LogP contribution in [0.3, 0.4) is 0 Å². The van der Waals surface area contributed by atoms with Gasteiger partial charge >= 0.3 is 6.09 Å². The van der Waals surface area contributed by atoms with Gasteiger partial charge in [-0.3, -0.25) is 4.90 Å². The molecule has 0 radical (unpaired) electrons. The summed E-state index contributed by atoms with van der Waals surface area (Å²) in [6.07, 6.45) is 0.620. The molecule has 0 aliphatic carbocycles. The van der Waals surface area contributed by atoms with Gasteiger partial charge in [-0.2, -0.15) is 0 Å².